The van der Waals surface area contributed by atoms with E-state index in [-0.39, 0.29) is 11.7 Å². The van der Waals surface area contributed by atoms with Gasteiger partial charge in [-0.2, -0.15) is 10.5 Å². The zero-order valence-corrected chi connectivity index (χ0v) is 21.8. The monoisotopic (exact) mass is 505 g/mol. The number of aryl methyl sites for hydroxylation is 2. The number of nitrogens with zero attached hydrogens (tertiary/aromatic N) is 6. The van der Waals surface area contributed by atoms with Gasteiger partial charge >= 0.3 is 5.69 Å². The van der Waals surface area contributed by atoms with Crippen LogP contribution in [0.15, 0.2) is 59.4 Å². The van der Waals surface area contributed by atoms with Crippen LogP contribution in [-0.2, 0) is 19.6 Å². The van der Waals surface area contributed by atoms with Crippen molar-refractivity contribution in [3.8, 4) is 12.1 Å². The second kappa shape index (κ2) is 10.9. The molecule has 0 saturated carbocycles. The maximum atomic E-state index is 13.6. The van der Waals surface area contributed by atoms with Crippen molar-refractivity contribution in [3.63, 3.8) is 0 Å². The number of rotatable bonds is 7. The maximum Gasteiger partial charge on any atom is 0.330 e. The molecule has 0 unspecified atom stereocenters. The molecular weight excluding hydrogens is 474 g/mol. The molecule has 1 aliphatic rings. The SMILES string of the molecule is CCn1c(=O)n(Cc2ccccc2C#N)c2c(N3CCC[C@@H](NCc4ccccc4C#N)C3)cc(C)nc21. The summed E-state index contributed by atoms with van der Waals surface area (Å²) in [5.74, 6) is 0. The number of pyridine rings is 1. The highest BCUT2D eigenvalue weighted by molar-refractivity contribution is 5.87. The molecule has 1 fully saturated rings. The van der Waals surface area contributed by atoms with Crippen molar-refractivity contribution in [2.75, 3.05) is 18.0 Å². The summed E-state index contributed by atoms with van der Waals surface area (Å²) >= 11 is 0. The van der Waals surface area contributed by atoms with E-state index in [1.807, 2.05) is 56.3 Å². The number of benzene rings is 2. The molecule has 2 aromatic carbocycles. The molecule has 1 atom stereocenters. The lowest BCUT2D eigenvalue weighted by molar-refractivity contribution is 0.421. The summed E-state index contributed by atoms with van der Waals surface area (Å²) in [6.45, 7) is 7.05. The normalized spacial score (nSPS) is 15.4. The fourth-order valence-corrected chi connectivity index (χ4v) is 5.42. The first-order chi connectivity index (χ1) is 18.5. The predicted octanol–water partition coefficient (Wildman–Crippen LogP) is 4.08. The van der Waals surface area contributed by atoms with Gasteiger partial charge in [0, 0.05) is 37.9 Å². The van der Waals surface area contributed by atoms with Crippen molar-refractivity contribution in [2.45, 2.75) is 52.4 Å². The number of hydrogen-bond donors (Lipinski definition) is 1. The van der Waals surface area contributed by atoms with E-state index in [2.05, 4.69) is 28.4 Å². The van der Waals surface area contributed by atoms with Gasteiger partial charge in [0.25, 0.3) is 0 Å². The van der Waals surface area contributed by atoms with Crippen LogP contribution < -0.4 is 15.9 Å². The number of hydrogen-bond acceptors (Lipinski definition) is 6. The van der Waals surface area contributed by atoms with Gasteiger partial charge in [0.15, 0.2) is 5.65 Å². The highest BCUT2D eigenvalue weighted by Gasteiger charge is 2.26. The minimum Gasteiger partial charge on any atom is -0.368 e. The molecule has 8 nitrogen and oxygen atoms in total. The second-order valence-electron chi connectivity index (χ2n) is 9.77. The third-order valence-corrected chi connectivity index (χ3v) is 7.33. The van der Waals surface area contributed by atoms with Gasteiger partial charge in [0.2, 0.25) is 0 Å². The van der Waals surface area contributed by atoms with Crippen LogP contribution in [0.5, 0.6) is 0 Å². The van der Waals surface area contributed by atoms with Crippen molar-refractivity contribution in [1.29, 1.82) is 10.5 Å². The molecule has 192 valence electrons. The molecule has 1 aliphatic heterocycles. The number of anilines is 1. The highest BCUT2D eigenvalue weighted by Crippen LogP contribution is 2.30. The summed E-state index contributed by atoms with van der Waals surface area (Å²) in [4.78, 5) is 20.7. The van der Waals surface area contributed by atoms with Gasteiger partial charge in [-0.15, -0.1) is 0 Å². The lowest BCUT2D eigenvalue weighted by atomic mass is 10.0. The van der Waals surface area contributed by atoms with Crippen molar-refractivity contribution >= 4 is 16.9 Å². The number of nitriles is 2. The van der Waals surface area contributed by atoms with Crippen molar-refractivity contribution in [2.24, 2.45) is 0 Å². The zero-order chi connectivity index (χ0) is 26.6. The number of nitrogens with one attached hydrogen (secondary N) is 1. The maximum absolute atomic E-state index is 13.6. The van der Waals surface area contributed by atoms with Crippen LogP contribution in [0.1, 0.15) is 47.7 Å². The van der Waals surface area contributed by atoms with E-state index in [4.69, 9.17) is 4.98 Å². The van der Waals surface area contributed by atoms with Gasteiger partial charge in [0.1, 0.15) is 5.52 Å². The first-order valence-corrected chi connectivity index (χ1v) is 13.1. The average molecular weight is 506 g/mol. The molecule has 1 N–H and O–H groups in total. The molecule has 0 spiro atoms. The van der Waals surface area contributed by atoms with Crippen LogP contribution >= 0.6 is 0 Å². The Kier molecular flexibility index (Phi) is 7.26. The lowest BCUT2D eigenvalue weighted by Gasteiger charge is -2.35. The number of piperidine rings is 1. The van der Waals surface area contributed by atoms with Crippen LogP contribution in [0.25, 0.3) is 11.2 Å². The smallest absolute Gasteiger partial charge is 0.330 e. The van der Waals surface area contributed by atoms with E-state index in [0.717, 1.165) is 54.0 Å². The fourth-order valence-electron chi connectivity index (χ4n) is 5.42. The molecule has 1 saturated heterocycles. The molecule has 0 bridgehead atoms. The molecule has 38 heavy (non-hydrogen) atoms. The summed E-state index contributed by atoms with van der Waals surface area (Å²) in [5.41, 5.74) is 6.31. The van der Waals surface area contributed by atoms with Crippen LogP contribution in [0.2, 0.25) is 0 Å². The molecule has 0 amide bonds. The van der Waals surface area contributed by atoms with Crippen molar-refractivity contribution in [3.05, 3.63) is 93.0 Å². The Morgan fingerprint density at radius 3 is 2.42 bits per heavy atom. The van der Waals surface area contributed by atoms with E-state index in [9.17, 15) is 15.3 Å². The van der Waals surface area contributed by atoms with Crippen molar-refractivity contribution < 1.29 is 0 Å². The molecule has 0 aliphatic carbocycles. The first kappa shape index (κ1) is 25.3. The van der Waals surface area contributed by atoms with Gasteiger partial charge in [-0.25, -0.2) is 9.78 Å². The zero-order valence-electron chi connectivity index (χ0n) is 21.8. The minimum absolute atomic E-state index is 0.116. The predicted molar refractivity (Wildman–Crippen MR) is 148 cm³/mol. The van der Waals surface area contributed by atoms with Gasteiger partial charge in [0.05, 0.1) is 35.5 Å². The Hall–Kier alpha value is -4.40. The molecule has 3 heterocycles. The standard InChI is InChI=1S/C30H31N7O/c1-3-36-29-28(37(30(36)38)19-25-12-7-5-10-23(25)17-32)27(15-21(2)34-29)35-14-8-13-26(20-35)33-18-24-11-6-4-9-22(24)16-31/h4-7,9-12,15,26,33H,3,8,13-14,18-20H2,1-2H3/t26-/m1/s1. The van der Waals surface area contributed by atoms with Crippen LogP contribution in [0.3, 0.4) is 0 Å². The third kappa shape index (κ3) is 4.79. The average Bonchev–Trinajstić information content (AvgIpc) is 3.21. The van der Waals surface area contributed by atoms with Gasteiger partial charge in [-0.05, 0) is 56.0 Å². The van der Waals surface area contributed by atoms with Gasteiger partial charge in [-0.3, -0.25) is 9.13 Å². The largest absolute Gasteiger partial charge is 0.368 e. The van der Waals surface area contributed by atoms with E-state index in [1.54, 1.807) is 15.2 Å². The topological polar surface area (TPSA) is 103 Å². The van der Waals surface area contributed by atoms with E-state index in [0.29, 0.717) is 36.4 Å². The van der Waals surface area contributed by atoms with Crippen LogP contribution in [-0.4, -0.2) is 33.2 Å². The van der Waals surface area contributed by atoms with Crippen molar-refractivity contribution in [1.82, 2.24) is 19.4 Å². The second-order valence-corrected chi connectivity index (χ2v) is 9.77. The lowest BCUT2D eigenvalue weighted by Crippen LogP contribution is -2.45. The summed E-state index contributed by atoms with van der Waals surface area (Å²) in [5, 5.41) is 22.7. The van der Waals surface area contributed by atoms with Crippen LogP contribution in [0.4, 0.5) is 5.69 Å². The Morgan fingerprint density at radius 1 is 1.03 bits per heavy atom. The first-order valence-electron chi connectivity index (χ1n) is 13.1. The Bertz CT molecular complexity index is 1620. The number of fused-ring (bicyclic) bond motifs is 1. The summed E-state index contributed by atoms with van der Waals surface area (Å²) in [7, 11) is 0. The molecule has 4 aromatic rings. The van der Waals surface area contributed by atoms with Gasteiger partial charge < -0.3 is 10.2 Å². The molecule has 0 radical (unpaired) electrons. The summed E-state index contributed by atoms with van der Waals surface area (Å²) in [6, 6.07) is 22.0. The van der Waals surface area contributed by atoms with E-state index in [1.165, 1.54) is 0 Å². The van der Waals surface area contributed by atoms with Gasteiger partial charge in [-0.1, -0.05) is 36.4 Å². The third-order valence-electron chi connectivity index (χ3n) is 7.33. The van der Waals surface area contributed by atoms with E-state index < -0.39 is 0 Å². The number of imidazole rings is 1. The Labute approximate surface area is 222 Å². The van der Waals surface area contributed by atoms with E-state index >= 15 is 0 Å². The number of aromatic nitrogens is 3. The van der Waals surface area contributed by atoms with Crippen LogP contribution in [0, 0.1) is 29.6 Å². The fraction of sp³-hybridized carbons (Fsp3) is 0.333. The highest BCUT2D eigenvalue weighted by atomic mass is 16.1. The summed E-state index contributed by atoms with van der Waals surface area (Å²) in [6.07, 6.45) is 2.05. The summed E-state index contributed by atoms with van der Waals surface area (Å²) < 4.78 is 3.50. The molecular formula is C30H31N7O. The Morgan fingerprint density at radius 2 is 1.71 bits per heavy atom. The quantitative estimate of drug-likeness (QED) is 0.406. The molecule has 8 heteroatoms. The molecule has 2 aromatic heterocycles. The minimum atomic E-state index is -0.116. The molecule has 5 rings (SSSR count). The Balaban J connectivity index is 1.51.